The van der Waals surface area contributed by atoms with Gasteiger partial charge in [0.15, 0.2) is 0 Å². The highest BCUT2D eigenvalue weighted by molar-refractivity contribution is 5.73. The molecule has 0 aromatic rings. The molecular formula is C10H20N2O. The minimum absolute atomic E-state index is 0.205. The Balaban J connectivity index is 2.51. The van der Waals surface area contributed by atoms with Gasteiger partial charge in [0, 0.05) is 38.6 Å². The summed E-state index contributed by atoms with van der Waals surface area (Å²) in [5.74, 6) is 0.205. The summed E-state index contributed by atoms with van der Waals surface area (Å²) >= 11 is 0. The number of nitrogens with zero attached hydrogens (tertiary/aromatic N) is 2. The molecule has 3 nitrogen and oxygen atoms in total. The first-order valence-corrected chi connectivity index (χ1v) is 5.03. The van der Waals surface area contributed by atoms with E-state index in [1.54, 1.807) is 6.92 Å². The molecule has 1 aliphatic heterocycles. The van der Waals surface area contributed by atoms with Crippen LogP contribution in [0.1, 0.15) is 27.7 Å². The normalized spacial score (nSPS) is 25.3. The van der Waals surface area contributed by atoms with E-state index in [1.807, 2.05) is 4.90 Å². The van der Waals surface area contributed by atoms with Crippen LogP contribution >= 0.6 is 0 Å². The second-order valence-electron chi connectivity index (χ2n) is 4.15. The minimum atomic E-state index is 0.205. The van der Waals surface area contributed by atoms with Gasteiger partial charge in [0.25, 0.3) is 0 Å². The molecule has 1 aliphatic rings. The smallest absolute Gasteiger partial charge is 0.219 e. The van der Waals surface area contributed by atoms with Gasteiger partial charge in [0.1, 0.15) is 0 Å². The lowest BCUT2D eigenvalue weighted by molar-refractivity contribution is -0.133. The topological polar surface area (TPSA) is 23.6 Å². The highest BCUT2D eigenvalue weighted by atomic mass is 16.2. The molecule has 0 aromatic carbocycles. The Kier molecular flexibility index (Phi) is 3.31. The maximum atomic E-state index is 11.2. The summed E-state index contributed by atoms with van der Waals surface area (Å²) in [6.07, 6.45) is 0. The van der Waals surface area contributed by atoms with E-state index < -0.39 is 0 Å². The van der Waals surface area contributed by atoms with Gasteiger partial charge >= 0.3 is 0 Å². The third kappa shape index (κ3) is 2.44. The number of hydrogen-bond acceptors (Lipinski definition) is 2. The predicted molar refractivity (Wildman–Crippen MR) is 53.6 cm³/mol. The van der Waals surface area contributed by atoms with E-state index >= 15 is 0 Å². The molecule has 1 amide bonds. The SMILES string of the molecule is CC(=O)N1CCN(C(C)C)C[C@@H]1C. The Morgan fingerprint density at radius 2 is 2.00 bits per heavy atom. The molecule has 1 fully saturated rings. The van der Waals surface area contributed by atoms with Crippen molar-refractivity contribution in [2.75, 3.05) is 19.6 Å². The number of carbonyl (C=O) groups is 1. The van der Waals surface area contributed by atoms with Gasteiger partial charge in [-0.05, 0) is 20.8 Å². The average Bonchev–Trinajstić information content (AvgIpc) is 2.03. The van der Waals surface area contributed by atoms with E-state index in [1.165, 1.54) is 0 Å². The number of hydrogen-bond donors (Lipinski definition) is 0. The molecule has 76 valence electrons. The molecule has 0 spiro atoms. The highest BCUT2D eigenvalue weighted by Gasteiger charge is 2.26. The van der Waals surface area contributed by atoms with Crippen LogP contribution < -0.4 is 0 Å². The van der Waals surface area contributed by atoms with Gasteiger partial charge in [-0.25, -0.2) is 0 Å². The number of amides is 1. The van der Waals surface area contributed by atoms with Crippen molar-refractivity contribution in [2.24, 2.45) is 0 Å². The Morgan fingerprint density at radius 3 is 2.38 bits per heavy atom. The zero-order valence-electron chi connectivity index (χ0n) is 9.08. The van der Waals surface area contributed by atoms with Crippen molar-refractivity contribution < 1.29 is 4.79 Å². The number of piperazine rings is 1. The fourth-order valence-electron chi connectivity index (χ4n) is 1.92. The Bertz CT molecular complexity index is 191. The Labute approximate surface area is 80.7 Å². The predicted octanol–water partition coefficient (Wildman–Crippen LogP) is 0.947. The van der Waals surface area contributed by atoms with E-state index in [9.17, 15) is 4.79 Å². The summed E-state index contributed by atoms with van der Waals surface area (Å²) < 4.78 is 0. The summed E-state index contributed by atoms with van der Waals surface area (Å²) in [6.45, 7) is 11.1. The van der Waals surface area contributed by atoms with Crippen LogP contribution in [0.5, 0.6) is 0 Å². The monoisotopic (exact) mass is 184 g/mol. The molecule has 13 heavy (non-hydrogen) atoms. The third-order valence-electron chi connectivity index (χ3n) is 2.79. The summed E-state index contributed by atoms with van der Waals surface area (Å²) in [5, 5.41) is 0. The molecule has 0 saturated carbocycles. The fourth-order valence-corrected chi connectivity index (χ4v) is 1.92. The van der Waals surface area contributed by atoms with E-state index in [4.69, 9.17) is 0 Å². The van der Waals surface area contributed by atoms with Gasteiger partial charge in [-0.15, -0.1) is 0 Å². The van der Waals surface area contributed by atoms with E-state index in [0.29, 0.717) is 12.1 Å². The molecule has 1 heterocycles. The molecule has 0 N–H and O–H groups in total. The molecular weight excluding hydrogens is 164 g/mol. The lowest BCUT2D eigenvalue weighted by Gasteiger charge is -2.41. The van der Waals surface area contributed by atoms with Gasteiger partial charge in [0.05, 0.1) is 0 Å². The van der Waals surface area contributed by atoms with Crippen molar-refractivity contribution in [1.29, 1.82) is 0 Å². The third-order valence-corrected chi connectivity index (χ3v) is 2.79. The first-order valence-electron chi connectivity index (χ1n) is 5.03. The number of carbonyl (C=O) groups excluding carboxylic acids is 1. The maximum absolute atomic E-state index is 11.2. The second-order valence-corrected chi connectivity index (χ2v) is 4.15. The molecule has 0 radical (unpaired) electrons. The van der Waals surface area contributed by atoms with Crippen molar-refractivity contribution >= 4 is 5.91 Å². The Morgan fingerprint density at radius 1 is 1.38 bits per heavy atom. The second kappa shape index (κ2) is 4.09. The summed E-state index contributed by atoms with van der Waals surface area (Å²) in [4.78, 5) is 15.6. The van der Waals surface area contributed by atoms with Gasteiger partial charge in [-0.2, -0.15) is 0 Å². The average molecular weight is 184 g/mol. The van der Waals surface area contributed by atoms with Crippen LogP contribution in [0, 0.1) is 0 Å². The molecule has 0 aromatic heterocycles. The summed E-state index contributed by atoms with van der Waals surface area (Å²) in [5.41, 5.74) is 0. The van der Waals surface area contributed by atoms with Crippen LogP contribution in [0.25, 0.3) is 0 Å². The van der Waals surface area contributed by atoms with Crippen LogP contribution in [-0.4, -0.2) is 47.4 Å². The van der Waals surface area contributed by atoms with Crippen molar-refractivity contribution in [2.45, 2.75) is 39.8 Å². The summed E-state index contributed by atoms with van der Waals surface area (Å²) in [7, 11) is 0. The highest BCUT2D eigenvalue weighted by Crippen LogP contribution is 2.11. The molecule has 1 saturated heterocycles. The van der Waals surface area contributed by atoms with Crippen molar-refractivity contribution in [1.82, 2.24) is 9.80 Å². The van der Waals surface area contributed by atoms with Crippen LogP contribution in [0.15, 0.2) is 0 Å². The van der Waals surface area contributed by atoms with E-state index in [0.717, 1.165) is 19.6 Å². The van der Waals surface area contributed by atoms with Crippen LogP contribution in [-0.2, 0) is 4.79 Å². The van der Waals surface area contributed by atoms with Gasteiger partial charge < -0.3 is 4.90 Å². The van der Waals surface area contributed by atoms with Crippen LogP contribution in [0.4, 0.5) is 0 Å². The zero-order chi connectivity index (χ0) is 10.0. The largest absolute Gasteiger partial charge is 0.338 e. The van der Waals surface area contributed by atoms with Gasteiger partial charge in [-0.3, -0.25) is 9.69 Å². The van der Waals surface area contributed by atoms with E-state index in [2.05, 4.69) is 25.7 Å². The van der Waals surface area contributed by atoms with Crippen molar-refractivity contribution in [3.8, 4) is 0 Å². The fraction of sp³-hybridized carbons (Fsp3) is 0.900. The maximum Gasteiger partial charge on any atom is 0.219 e. The standard InChI is InChI=1S/C10H20N2O/c1-8(2)11-5-6-12(10(4)13)9(3)7-11/h8-9H,5-7H2,1-4H3/t9-/m0/s1. The summed E-state index contributed by atoms with van der Waals surface area (Å²) in [6, 6.07) is 0.963. The molecule has 1 rings (SSSR count). The van der Waals surface area contributed by atoms with Crippen LogP contribution in [0.3, 0.4) is 0 Å². The molecule has 1 atom stereocenters. The van der Waals surface area contributed by atoms with Gasteiger partial charge in [0.2, 0.25) is 5.91 Å². The molecule has 0 aliphatic carbocycles. The minimum Gasteiger partial charge on any atom is -0.338 e. The molecule has 0 bridgehead atoms. The van der Waals surface area contributed by atoms with Gasteiger partial charge in [-0.1, -0.05) is 0 Å². The lowest BCUT2D eigenvalue weighted by Crippen LogP contribution is -2.55. The van der Waals surface area contributed by atoms with Crippen LogP contribution in [0.2, 0.25) is 0 Å². The first-order chi connectivity index (χ1) is 6.02. The van der Waals surface area contributed by atoms with E-state index in [-0.39, 0.29) is 5.91 Å². The zero-order valence-corrected chi connectivity index (χ0v) is 9.08. The van der Waals surface area contributed by atoms with Crippen molar-refractivity contribution in [3.63, 3.8) is 0 Å². The molecule has 0 unspecified atom stereocenters. The quantitative estimate of drug-likeness (QED) is 0.605. The number of rotatable bonds is 1. The first kappa shape index (κ1) is 10.5. The van der Waals surface area contributed by atoms with Crippen molar-refractivity contribution in [3.05, 3.63) is 0 Å². The Hall–Kier alpha value is -0.570. The lowest BCUT2D eigenvalue weighted by atomic mass is 10.1. The molecule has 3 heteroatoms.